The fraction of sp³-hybridized carbons (Fsp3) is 0.500. The maximum absolute atomic E-state index is 11.6. The lowest BCUT2D eigenvalue weighted by Gasteiger charge is -2.12. The second kappa shape index (κ2) is 7.41. The Kier molecular flexibility index (Phi) is 5.86. The number of aromatic nitrogens is 2. The topological polar surface area (TPSA) is 118 Å². The van der Waals surface area contributed by atoms with Crippen LogP contribution in [-0.2, 0) is 14.3 Å². The normalized spacial score (nSPS) is 11.6. The summed E-state index contributed by atoms with van der Waals surface area (Å²) in [4.78, 5) is 33.7. The molecule has 0 aliphatic carbocycles. The second-order valence-electron chi connectivity index (χ2n) is 3.50. The van der Waals surface area contributed by atoms with Crippen LogP contribution < -0.4 is 5.32 Å². The van der Waals surface area contributed by atoms with Crippen LogP contribution in [0.1, 0.15) is 30.3 Å². The first kappa shape index (κ1) is 15.0. The molecule has 0 aromatic carbocycles. The van der Waals surface area contributed by atoms with E-state index in [1.54, 1.807) is 6.92 Å². The molecule has 1 aromatic rings. The number of nitrogens with zero attached hydrogens (tertiary/aromatic N) is 2. The molecule has 19 heavy (non-hydrogen) atoms. The van der Waals surface area contributed by atoms with Crippen molar-refractivity contribution in [3.8, 4) is 0 Å². The van der Waals surface area contributed by atoms with Gasteiger partial charge in [-0.2, -0.15) is 0 Å². The molecule has 1 amide bonds. The van der Waals surface area contributed by atoms with Gasteiger partial charge in [-0.05, 0) is 24.9 Å². The molecule has 0 bridgehead atoms. The fourth-order valence-corrected chi connectivity index (χ4v) is 1.68. The first-order chi connectivity index (χ1) is 9.04. The number of amides is 1. The molecule has 0 aliphatic rings. The summed E-state index contributed by atoms with van der Waals surface area (Å²) in [7, 11) is 0. The van der Waals surface area contributed by atoms with Crippen molar-refractivity contribution in [3.63, 3.8) is 0 Å². The molecule has 0 saturated carbocycles. The van der Waals surface area contributed by atoms with Crippen molar-refractivity contribution < 1.29 is 24.2 Å². The van der Waals surface area contributed by atoms with Crippen LogP contribution in [0.5, 0.6) is 0 Å². The molecular weight excluding hydrogens is 274 g/mol. The SMILES string of the molecule is CCOC(=O)CC[C@H](NC(=O)c1csnn1)C(=O)O. The van der Waals surface area contributed by atoms with Gasteiger partial charge in [-0.25, -0.2) is 4.79 Å². The van der Waals surface area contributed by atoms with Crippen molar-refractivity contribution >= 4 is 29.4 Å². The van der Waals surface area contributed by atoms with Gasteiger partial charge in [-0.15, -0.1) is 5.10 Å². The molecule has 0 unspecified atom stereocenters. The molecule has 0 saturated heterocycles. The predicted octanol–water partition coefficient (Wildman–Crippen LogP) is 0.0644. The lowest BCUT2D eigenvalue weighted by Crippen LogP contribution is -2.41. The molecule has 104 valence electrons. The average molecular weight is 287 g/mol. The molecular formula is C10H13N3O5S. The van der Waals surface area contributed by atoms with Crippen molar-refractivity contribution in [2.75, 3.05) is 6.61 Å². The predicted molar refractivity (Wildman–Crippen MR) is 64.7 cm³/mol. The number of carboxylic acids is 1. The van der Waals surface area contributed by atoms with Crippen LogP contribution in [0.15, 0.2) is 5.38 Å². The highest BCUT2D eigenvalue weighted by Gasteiger charge is 2.22. The van der Waals surface area contributed by atoms with Crippen LogP contribution >= 0.6 is 11.5 Å². The standard InChI is InChI=1S/C10H13N3O5S/c1-2-18-8(14)4-3-6(10(16)17)11-9(15)7-5-19-13-12-7/h5-6H,2-4H2,1H3,(H,11,15)(H,16,17)/t6-/m0/s1. The molecule has 0 spiro atoms. The van der Waals surface area contributed by atoms with E-state index in [1.807, 2.05) is 0 Å². The summed E-state index contributed by atoms with van der Waals surface area (Å²) < 4.78 is 8.19. The zero-order valence-electron chi connectivity index (χ0n) is 10.2. The summed E-state index contributed by atoms with van der Waals surface area (Å²) in [6.45, 7) is 1.89. The van der Waals surface area contributed by atoms with Gasteiger partial charge in [-0.3, -0.25) is 9.59 Å². The van der Waals surface area contributed by atoms with Gasteiger partial charge in [0.25, 0.3) is 5.91 Å². The number of carbonyl (C=O) groups excluding carboxylic acids is 2. The minimum absolute atomic E-state index is 0.0442. The van der Waals surface area contributed by atoms with Crippen LogP contribution in [0.25, 0.3) is 0 Å². The molecule has 0 fully saturated rings. The van der Waals surface area contributed by atoms with E-state index in [9.17, 15) is 14.4 Å². The number of nitrogens with one attached hydrogen (secondary N) is 1. The van der Waals surface area contributed by atoms with Gasteiger partial charge in [0.15, 0.2) is 5.69 Å². The van der Waals surface area contributed by atoms with Crippen molar-refractivity contribution in [2.24, 2.45) is 0 Å². The average Bonchev–Trinajstić information content (AvgIpc) is 2.88. The van der Waals surface area contributed by atoms with Crippen LogP contribution in [0.4, 0.5) is 0 Å². The lowest BCUT2D eigenvalue weighted by atomic mass is 10.1. The number of hydrogen-bond acceptors (Lipinski definition) is 7. The number of ether oxygens (including phenoxy) is 1. The van der Waals surface area contributed by atoms with Crippen molar-refractivity contribution in [3.05, 3.63) is 11.1 Å². The minimum atomic E-state index is -1.22. The molecule has 8 nitrogen and oxygen atoms in total. The Bertz CT molecular complexity index is 448. The Morgan fingerprint density at radius 1 is 1.53 bits per heavy atom. The zero-order chi connectivity index (χ0) is 14.3. The molecule has 1 atom stereocenters. The quantitative estimate of drug-likeness (QED) is 0.681. The van der Waals surface area contributed by atoms with E-state index in [2.05, 4.69) is 19.6 Å². The fourth-order valence-electron chi connectivity index (χ4n) is 1.25. The second-order valence-corrected chi connectivity index (χ2v) is 4.11. The molecule has 0 aliphatic heterocycles. The number of hydrogen-bond donors (Lipinski definition) is 2. The lowest BCUT2D eigenvalue weighted by molar-refractivity contribution is -0.144. The van der Waals surface area contributed by atoms with Gasteiger partial charge in [0, 0.05) is 11.8 Å². The van der Waals surface area contributed by atoms with Crippen LogP contribution in [0.3, 0.4) is 0 Å². The highest BCUT2D eigenvalue weighted by molar-refractivity contribution is 7.03. The third-order valence-electron chi connectivity index (χ3n) is 2.14. The summed E-state index contributed by atoms with van der Waals surface area (Å²) in [5, 5.41) is 16.2. The van der Waals surface area contributed by atoms with E-state index >= 15 is 0 Å². The van der Waals surface area contributed by atoms with E-state index in [1.165, 1.54) is 5.38 Å². The van der Waals surface area contributed by atoms with E-state index < -0.39 is 23.9 Å². The van der Waals surface area contributed by atoms with Gasteiger partial charge in [0.1, 0.15) is 6.04 Å². The maximum atomic E-state index is 11.6. The van der Waals surface area contributed by atoms with E-state index in [0.29, 0.717) is 0 Å². The van der Waals surface area contributed by atoms with Crippen LogP contribution in [0.2, 0.25) is 0 Å². The van der Waals surface area contributed by atoms with Gasteiger partial charge in [0.05, 0.1) is 6.61 Å². The zero-order valence-corrected chi connectivity index (χ0v) is 11.0. The molecule has 1 heterocycles. The molecule has 0 radical (unpaired) electrons. The highest BCUT2D eigenvalue weighted by atomic mass is 32.1. The molecule has 1 aromatic heterocycles. The van der Waals surface area contributed by atoms with Crippen LogP contribution in [0, 0.1) is 0 Å². The van der Waals surface area contributed by atoms with Crippen LogP contribution in [-0.4, -0.2) is 45.2 Å². The van der Waals surface area contributed by atoms with Gasteiger partial charge >= 0.3 is 11.9 Å². The van der Waals surface area contributed by atoms with E-state index in [4.69, 9.17) is 5.11 Å². The van der Waals surface area contributed by atoms with Gasteiger partial charge in [0.2, 0.25) is 0 Å². The Morgan fingerprint density at radius 2 is 2.26 bits per heavy atom. The van der Waals surface area contributed by atoms with Gasteiger partial charge in [-0.1, -0.05) is 4.49 Å². The molecule has 1 rings (SSSR count). The number of carbonyl (C=O) groups is 3. The Labute approximate surface area is 112 Å². The van der Waals surface area contributed by atoms with Crippen molar-refractivity contribution in [2.45, 2.75) is 25.8 Å². The number of carboxylic acid groups (broad SMARTS) is 1. The molecule has 9 heteroatoms. The smallest absolute Gasteiger partial charge is 0.326 e. The van der Waals surface area contributed by atoms with E-state index in [0.717, 1.165) is 11.5 Å². The first-order valence-electron chi connectivity index (χ1n) is 5.51. The highest BCUT2D eigenvalue weighted by Crippen LogP contribution is 2.03. The van der Waals surface area contributed by atoms with Gasteiger partial charge < -0.3 is 15.2 Å². The Balaban J connectivity index is 2.51. The van der Waals surface area contributed by atoms with Crippen molar-refractivity contribution in [1.29, 1.82) is 0 Å². The Morgan fingerprint density at radius 3 is 2.79 bits per heavy atom. The third-order valence-corrected chi connectivity index (χ3v) is 2.64. The summed E-state index contributed by atoms with van der Waals surface area (Å²) in [5.74, 6) is -2.36. The monoisotopic (exact) mass is 287 g/mol. The number of esters is 1. The summed E-state index contributed by atoms with van der Waals surface area (Å²) in [6.07, 6.45) is -0.127. The van der Waals surface area contributed by atoms with E-state index in [-0.39, 0.29) is 25.1 Å². The first-order valence-corrected chi connectivity index (χ1v) is 6.34. The summed E-state index contributed by atoms with van der Waals surface area (Å²) in [6, 6.07) is -1.17. The van der Waals surface area contributed by atoms with Crippen molar-refractivity contribution in [1.82, 2.24) is 14.9 Å². The molecule has 2 N–H and O–H groups in total. The number of rotatable bonds is 7. The summed E-state index contributed by atoms with van der Waals surface area (Å²) >= 11 is 0.985. The summed E-state index contributed by atoms with van der Waals surface area (Å²) in [5.41, 5.74) is 0.0485. The largest absolute Gasteiger partial charge is 0.480 e. The number of aliphatic carboxylic acids is 1. The maximum Gasteiger partial charge on any atom is 0.326 e. The Hall–Kier alpha value is -2.03. The minimum Gasteiger partial charge on any atom is -0.480 e. The third kappa shape index (κ3) is 5.00.